The van der Waals surface area contributed by atoms with E-state index in [2.05, 4.69) is 20.7 Å². The van der Waals surface area contributed by atoms with Crippen molar-refractivity contribution in [2.75, 3.05) is 16.2 Å². The molecule has 0 bridgehead atoms. The molecule has 5 nitrogen and oxygen atoms in total. The summed E-state index contributed by atoms with van der Waals surface area (Å²) in [5.41, 5.74) is -0.452. The van der Waals surface area contributed by atoms with E-state index in [1.165, 1.54) is 11.0 Å². The fourth-order valence-corrected chi connectivity index (χ4v) is 5.67. The molecule has 0 aromatic heterocycles. The van der Waals surface area contributed by atoms with Gasteiger partial charge in [-0.3, -0.25) is 9.52 Å². The standard InChI is InChI=1S/C19H15BrClF3N2O3S/c20-12-7-11-5-6-26(18(27)10-1-2-10)17(11)16(8-12)30(28,29)25-13-3-4-15(21)14(9-13)19(22,23)24/h3-4,7-10,25H,1-2,5-6H2. The second-order valence-corrected chi connectivity index (χ2v) is 10.2. The Hall–Kier alpha value is -1.78. The lowest BCUT2D eigenvalue weighted by atomic mass is 10.2. The molecule has 11 heteroatoms. The van der Waals surface area contributed by atoms with Crippen molar-refractivity contribution < 1.29 is 26.4 Å². The van der Waals surface area contributed by atoms with Gasteiger partial charge in [-0.2, -0.15) is 13.2 Å². The van der Waals surface area contributed by atoms with E-state index in [9.17, 15) is 26.4 Å². The molecule has 0 saturated heterocycles. The molecule has 0 unspecified atom stereocenters. The molecular weight excluding hydrogens is 509 g/mol. The Kier molecular flexibility index (Phi) is 5.31. The lowest BCUT2D eigenvalue weighted by molar-refractivity contribution is -0.137. The smallest absolute Gasteiger partial charge is 0.310 e. The number of rotatable bonds is 4. The van der Waals surface area contributed by atoms with E-state index in [0.29, 0.717) is 29.1 Å². The van der Waals surface area contributed by atoms with E-state index in [0.717, 1.165) is 25.0 Å². The summed E-state index contributed by atoms with van der Waals surface area (Å²) in [4.78, 5) is 13.9. The van der Waals surface area contributed by atoms with Crippen LogP contribution in [0, 0.1) is 5.92 Å². The number of alkyl halides is 3. The highest BCUT2D eigenvalue weighted by atomic mass is 79.9. The fourth-order valence-electron chi connectivity index (χ4n) is 3.46. The Bertz CT molecular complexity index is 1150. The summed E-state index contributed by atoms with van der Waals surface area (Å²) in [7, 11) is -4.29. The number of anilines is 2. The van der Waals surface area contributed by atoms with E-state index in [-0.39, 0.29) is 28.1 Å². The van der Waals surface area contributed by atoms with Gasteiger partial charge in [0.2, 0.25) is 5.91 Å². The van der Waals surface area contributed by atoms with E-state index in [1.54, 1.807) is 6.07 Å². The first-order chi connectivity index (χ1) is 14.0. The summed E-state index contributed by atoms with van der Waals surface area (Å²) in [6.45, 7) is 0.364. The first-order valence-corrected chi connectivity index (χ1v) is 11.7. The van der Waals surface area contributed by atoms with Gasteiger partial charge < -0.3 is 4.90 Å². The molecule has 1 aliphatic carbocycles. The fraction of sp³-hybridized carbons (Fsp3) is 0.316. The topological polar surface area (TPSA) is 66.5 Å². The van der Waals surface area contributed by atoms with Crippen molar-refractivity contribution in [1.29, 1.82) is 0 Å². The SMILES string of the molecule is O=C(C1CC1)N1CCc2cc(Br)cc(S(=O)(=O)Nc3ccc(Cl)c(C(F)(F)F)c3)c21. The van der Waals surface area contributed by atoms with Crippen molar-refractivity contribution >= 4 is 54.8 Å². The van der Waals surface area contributed by atoms with Crippen LogP contribution in [0.5, 0.6) is 0 Å². The molecule has 0 atom stereocenters. The molecule has 4 rings (SSSR count). The highest BCUT2D eigenvalue weighted by molar-refractivity contribution is 9.10. The van der Waals surface area contributed by atoms with Crippen LogP contribution in [0.1, 0.15) is 24.0 Å². The van der Waals surface area contributed by atoms with Crippen molar-refractivity contribution in [2.24, 2.45) is 5.92 Å². The molecule has 160 valence electrons. The summed E-state index contributed by atoms with van der Waals surface area (Å²) < 4.78 is 68.3. The molecule has 1 heterocycles. The number of hydrogen-bond acceptors (Lipinski definition) is 3. The molecule has 30 heavy (non-hydrogen) atoms. The van der Waals surface area contributed by atoms with Gasteiger partial charge in [0, 0.05) is 22.6 Å². The molecule has 0 radical (unpaired) electrons. The highest BCUT2D eigenvalue weighted by Gasteiger charge is 2.39. The largest absolute Gasteiger partial charge is 0.417 e. The van der Waals surface area contributed by atoms with Crippen LogP contribution in [-0.4, -0.2) is 20.9 Å². The van der Waals surface area contributed by atoms with E-state index >= 15 is 0 Å². The number of fused-ring (bicyclic) bond motifs is 1. The molecule has 1 saturated carbocycles. The summed E-state index contributed by atoms with van der Waals surface area (Å²) in [6, 6.07) is 5.88. The Morgan fingerprint density at radius 3 is 2.53 bits per heavy atom. The summed E-state index contributed by atoms with van der Waals surface area (Å²) in [5, 5.41) is -0.532. The summed E-state index contributed by atoms with van der Waals surface area (Å²) in [6.07, 6.45) is -2.70. The maximum absolute atomic E-state index is 13.1. The van der Waals surface area contributed by atoms with Gasteiger partial charge in [0.25, 0.3) is 10.0 Å². The number of sulfonamides is 1. The Morgan fingerprint density at radius 2 is 1.90 bits per heavy atom. The quantitative estimate of drug-likeness (QED) is 0.597. The Labute approximate surface area is 184 Å². The molecule has 2 aromatic carbocycles. The van der Waals surface area contributed by atoms with Gasteiger partial charge in [-0.05, 0) is 55.2 Å². The summed E-state index contributed by atoms with van der Waals surface area (Å²) >= 11 is 8.89. The minimum atomic E-state index is -4.73. The van der Waals surface area contributed by atoms with Crippen LogP contribution in [0.15, 0.2) is 39.7 Å². The predicted molar refractivity (Wildman–Crippen MR) is 110 cm³/mol. The maximum atomic E-state index is 13.1. The maximum Gasteiger partial charge on any atom is 0.417 e. The molecule has 1 amide bonds. The average Bonchev–Trinajstić information content (AvgIpc) is 3.41. The number of carbonyl (C=O) groups is 1. The highest BCUT2D eigenvalue weighted by Crippen LogP contribution is 2.42. The zero-order valence-corrected chi connectivity index (χ0v) is 18.4. The minimum absolute atomic E-state index is 0.103. The van der Waals surface area contributed by atoms with Crippen LogP contribution in [0.4, 0.5) is 24.5 Å². The van der Waals surface area contributed by atoms with Crippen molar-refractivity contribution in [1.82, 2.24) is 0 Å². The Balaban J connectivity index is 1.75. The zero-order chi connectivity index (χ0) is 21.8. The van der Waals surface area contributed by atoms with Crippen molar-refractivity contribution in [3.63, 3.8) is 0 Å². The van der Waals surface area contributed by atoms with Gasteiger partial charge in [-0.15, -0.1) is 0 Å². The van der Waals surface area contributed by atoms with Crippen LogP contribution in [0.3, 0.4) is 0 Å². The number of amides is 1. The van der Waals surface area contributed by atoms with E-state index in [1.807, 2.05) is 0 Å². The zero-order valence-electron chi connectivity index (χ0n) is 15.3. The molecule has 1 aliphatic heterocycles. The lowest BCUT2D eigenvalue weighted by Crippen LogP contribution is -2.31. The molecule has 0 spiro atoms. The Morgan fingerprint density at radius 1 is 1.20 bits per heavy atom. The van der Waals surface area contributed by atoms with Gasteiger partial charge in [-0.1, -0.05) is 27.5 Å². The number of halogens is 5. The molecule has 1 fully saturated rings. The number of nitrogens with one attached hydrogen (secondary N) is 1. The van der Waals surface area contributed by atoms with Gasteiger partial charge in [0.1, 0.15) is 4.90 Å². The van der Waals surface area contributed by atoms with Crippen molar-refractivity contribution in [3.8, 4) is 0 Å². The number of hydrogen-bond donors (Lipinski definition) is 1. The van der Waals surface area contributed by atoms with Gasteiger partial charge >= 0.3 is 6.18 Å². The van der Waals surface area contributed by atoms with Gasteiger partial charge in [-0.25, -0.2) is 8.42 Å². The third-order valence-corrected chi connectivity index (χ3v) is 7.18. The van der Waals surface area contributed by atoms with Crippen LogP contribution in [0.25, 0.3) is 0 Å². The minimum Gasteiger partial charge on any atom is -0.310 e. The second kappa shape index (κ2) is 7.42. The van der Waals surface area contributed by atoms with Crippen LogP contribution < -0.4 is 9.62 Å². The molecule has 2 aliphatic rings. The summed E-state index contributed by atoms with van der Waals surface area (Å²) in [5.74, 6) is -0.230. The number of carbonyl (C=O) groups excluding carboxylic acids is 1. The van der Waals surface area contributed by atoms with E-state index in [4.69, 9.17) is 11.6 Å². The first-order valence-electron chi connectivity index (χ1n) is 9.01. The number of benzene rings is 2. The van der Waals surface area contributed by atoms with Gasteiger partial charge in [0.15, 0.2) is 0 Å². The van der Waals surface area contributed by atoms with Crippen LogP contribution in [-0.2, 0) is 27.4 Å². The predicted octanol–water partition coefficient (Wildman–Crippen LogP) is 5.22. The van der Waals surface area contributed by atoms with Crippen LogP contribution in [0.2, 0.25) is 5.02 Å². The molecule has 2 aromatic rings. The van der Waals surface area contributed by atoms with Crippen molar-refractivity contribution in [3.05, 3.63) is 51.0 Å². The molecule has 1 N–H and O–H groups in total. The van der Waals surface area contributed by atoms with Crippen LogP contribution >= 0.6 is 27.5 Å². The normalized spacial score (nSPS) is 16.5. The number of nitrogens with zero attached hydrogens (tertiary/aromatic N) is 1. The molecular formula is C19H15BrClF3N2O3S. The van der Waals surface area contributed by atoms with Gasteiger partial charge in [0.05, 0.1) is 16.3 Å². The third kappa shape index (κ3) is 4.04. The second-order valence-electron chi connectivity index (χ2n) is 7.22. The van der Waals surface area contributed by atoms with E-state index < -0.39 is 26.8 Å². The lowest BCUT2D eigenvalue weighted by Gasteiger charge is -2.21. The first kappa shape index (κ1) is 21.5. The third-order valence-electron chi connectivity index (χ3n) is 5.00. The monoisotopic (exact) mass is 522 g/mol. The van der Waals surface area contributed by atoms with Crippen molar-refractivity contribution in [2.45, 2.75) is 30.3 Å². The average molecular weight is 524 g/mol.